The Kier molecular flexibility index (Phi) is 4.14. The van der Waals surface area contributed by atoms with Crippen LogP contribution in [0, 0.1) is 12.8 Å². The first-order chi connectivity index (χ1) is 9.31. The van der Waals surface area contributed by atoms with Crippen LogP contribution in [0.5, 0.6) is 0 Å². The molecule has 2 fully saturated rings. The molecule has 0 radical (unpaired) electrons. The van der Waals surface area contributed by atoms with Crippen LogP contribution < -0.4 is 5.32 Å². The largest absolute Gasteiger partial charge is 0.314 e. The van der Waals surface area contributed by atoms with E-state index in [0.717, 1.165) is 18.5 Å². The molecule has 0 unspecified atom stereocenters. The van der Waals surface area contributed by atoms with Crippen molar-refractivity contribution in [2.24, 2.45) is 5.92 Å². The zero-order valence-corrected chi connectivity index (χ0v) is 11.9. The predicted molar refractivity (Wildman–Crippen MR) is 78.0 cm³/mol. The predicted octanol–water partition coefficient (Wildman–Crippen LogP) is 2.35. The number of piperidine rings is 1. The molecular weight excluding hydrogens is 234 g/mol. The summed E-state index contributed by atoms with van der Waals surface area (Å²) < 4.78 is 0. The Morgan fingerprint density at radius 1 is 1.26 bits per heavy atom. The van der Waals surface area contributed by atoms with E-state index in [1.54, 1.807) is 0 Å². The summed E-state index contributed by atoms with van der Waals surface area (Å²) in [4.78, 5) is 7.06. The first-order valence-electron chi connectivity index (χ1n) is 7.67. The average molecular weight is 259 g/mol. The molecule has 19 heavy (non-hydrogen) atoms. The van der Waals surface area contributed by atoms with E-state index < -0.39 is 0 Å². The number of pyridine rings is 1. The molecule has 0 atom stereocenters. The normalized spacial score (nSPS) is 21.7. The van der Waals surface area contributed by atoms with Crippen molar-refractivity contribution in [2.75, 3.05) is 19.6 Å². The lowest BCUT2D eigenvalue weighted by Crippen LogP contribution is -2.37. The second kappa shape index (κ2) is 6.02. The summed E-state index contributed by atoms with van der Waals surface area (Å²) in [6, 6.07) is 5.04. The standard InChI is InChI=1S/C16H25N3/c1-13-3-2-8-17-16(13)12-19-9-6-14(7-10-19)11-18-15-4-5-15/h2-3,8,14-15,18H,4-7,9-12H2,1H3. The first kappa shape index (κ1) is 13.1. The molecule has 2 heterocycles. The van der Waals surface area contributed by atoms with E-state index in [-0.39, 0.29) is 0 Å². The Labute approximate surface area is 116 Å². The van der Waals surface area contributed by atoms with Crippen LogP contribution in [-0.2, 0) is 6.54 Å². The fourth-order valence-electron chi connectivity index (χ4n) is 2.87. The molecule has 2 aliphatic rings. The molecule has 0 spiro atoms. The molecule has 1 aliphatic heterocycles. The Balaban J connectivity index is 1.43. The molecule has 1 aromatic rings. The van der Waals surface area contributed by atoms with E-state index in [0.29, 0.717) is 0 Å². The summed E-state index contributed by atoms with van der Waals surface area (Å²) in [6.07, 6.45) is 7.39. The van der Waals surface area contributed by atoms with Crippen molar-refractivity contribution in [3.8, 4) is 0 Å². The van der Waals surface area contributed by atoms with E-state index in [9.17, 15) is 0 Å². The molecule has 3 nitrogen and oxygen atoms in total. The van der Waals surface area contributed by atoms with Gasteiger partial charge in [0, 0.05) is 18.8 Å². The molecule has 3 rings (SSSR count). The molecule has 3 heteroatoms. The van der Waals surface area contributed by atoms with Gasteiger partial charge in [-0.25, -0.2) is 0 Å². The highest BCUT2D eigenvalue weighted by molar-refractivity contribution is 5.17. The maximum Gasteiger partial charge on any atom is 0.0573 e. The van der Waals surface area contributed by atoms with Gasteiger partial charge in [0.05, 0.1) is 5.69 Å². The van der Waals surface area contributed by atoms with Crippen LogP contribution in [0.15, 0.2) is 18.3 Å². The van der Waals surface area contributed by atoms with E-state index >= 15 is 0 Å². The van der Waals surface area contributed by atoms with Crippen molar-refractivity contribution >= 4 is 0 Å². The Bertz CT molecular complexity index is 406. The number of hydrogen-bond acceptors (Lipinski definition) is 3. The SMILES string of the molecule is Cc1cccnc1CN1CCC(CNC2CC2)CC1. The molecule has 0 aromatic carbocycles. The van der Waals surface area contributed by atoms with E-state index in [1.807, 2.05) is 12.3 Å². The topological polar surface area (TPSA) is 28.2 Å². The van der Waals surface area contributed by atoms with Gasteiger partial charge in [0.2, 0.25) is 0 Å². The minimum Gasteiger partial charge on any atom is -0.314 e. The molecule has 104 valence electrons. The highest BCUT2D eigenvalue weighted by Gasteiger charge is 2.24. The van der Waals surface area contributed by atoms with Crippen LogP contribution in [0.2, 0.25) is 0 Å². The first-order valence-corrected chi connectivity index (χ1v) is 7.67. The van der Waals surface area contributed by atoms with Crippen molar-refractivity contribution < 1.29 is 0 Å². The number of nitrogens with one attached hydrogen (secondary N) is 1. The van der Waals surface area contributed by atoms with Gasteiger partial charge in [-0.3, -0.25) is 9.88 Å². The third-order valence-corrected chi connectivity index (χ3v) is 4.47. The maximum absolute atomic E-state index is 4.51. The van der Waals surface area contributed by atoms with Gasteiger partial charge in [-0.05, 0) is 69.8 Å². The van der Waals surface area contributed by atoms with Gasteiger partial charge in [0.25, 0.3) is 0 Å². The van der Waals surface area contributed by atoms with Crippen LogP contribution in [0.3, 0.4) is 0 Å². The molecule has 1 N–H and O–H groups in total. The second-order valence-corrected chi connectivity index (χ2v) is 6.17. The zero-order chi connectivity index (χ0) is 13.1. The van der Waals surface area contributed by atoms with E-state index in [4.69, 9.17) is 0 Å². The van der Waals surface area contributed by atoms with Gasteiger partial charge in [-0.1, -0.05) is 6.07 Å². The van der Waals surface area contributed by atoms with Crippen LogP contribution in [0.1, 0.15) is 36.9 Å². The van der Waals surface area contributed by atoms with Gasteiger partial charge >= 0.3 is 0 Å². The highest BCUT2D eigenvalue weighted by atomic mass is 15.1. The quantitative estimate of drug-likeness (QED) is 0.880. The summed E-state index contributed by atoms with van der Waals surface area (Å²) in [5, 5.41) is 3.67. The maximum atomic E-state index is 4.51. The van der Waals surface area contributed by atoms with Gasteiger partial charge < -0.3 is 5.32 Å². The number of likely N-dealkylation sites (tertiary alicyclic amines) is 1. The minimum absolute atomic E-state index is 0.856. The zero-order valence-electron chi connectivity index (χ0n) is 11.9. The van der Waals surface area contributed by atoms with Crippen LogP contribution in [0.4, 0.5) is 0 Å². The van der Waals surface area contributed by atoms with Crippen molar-refractivity contribution in [3.63, 3.8) is 0 Å². The highest BCUT2D eigenvalue weighted by Crippen LogP contribution is 2.22. The third kappa shape index (κ3) is 3.77. The lowest BCUT2D eigenvalue weighted by Gasteiger charge is -2.32. The molecule has 0 amide bonds. The summed E-state index contributed by atoms with van der Waals surface area (Å²) in [5.41, 5.74) is 2.57. The molecule has 1 aromatic heterocycles. The molecule has 1 aliphatic carbocycles. The molecule has 0 bridgehead atoms. The number of hydrogen-bond donors (Lipinski definition) is 1. The molecule has 1 saturated carbocycles. The van der Waals surface area contributed by atoms with Gasteiger partial charge in [-0.2, -0.15) is 0 Å². The Morgan fingerprint density at radius 3 is 2.74 bits per heavy atom. The lowest BCUT2D eigenvalue weighted by atomic mass is 9.96. The van der Waals surface area contributed by atoms with Crippen molar-refractivity contribution in [2.45, 2.75) is 45.2 Å². The van der Waals surface area contributed by atoms with E-state index in [2.05, 4.69) is 28.2 Å². The summed E-state index contributed by atoms with van der Waals surface area (Å²) in [6.45, 7) is 6.88. The minimum atomic E-state index is 0.856. The third-order valence-electron chi connectivity index (χ3n) is 4.47. The van der Waals surface area contributed by atoms with E-state index in [1.165, 1.54) is 56.6 Å². The smallest absolute Gasteiger partial charge is 0.0573 e. The van der Waals surface area contributed by atoms with Crippen molar-refractivity contribution in [1.82, 2.24) is 15.2 Å². The fourth-order valence-corrected chi connectivity index (χ4v) is 2.87. The second-order valence-electron chi connectivity index (χ2n) is 6.17. The van der Waals surface area contributed by atoms with Crippen molar-refractivity contribution in [3.05, 3.63) is 29.6 Å². The van der Waals surface area contributed by atoms with Crippen LogP contribution in [-0.4, -0.2) is 35.6 Å². The van der Waals surface area contributed by atoms with Crippen molar-refractivity contribution in [1.29, 1.82) is 0 Å². The lowest BCUT2D eigenvalue weighted by molar-refractivity contribution is 0.173. The van der Waals surface area contributed by atoms with Crippen LogP contribution >= 0.6 is 0 Å². The monoisotopic (exact) mass is 259 g/mol. The van der Waals surface area contributed by atoms with Gasteiger partial charge in [-0.15, -0.1) is 0 Å². The van der Waals surface area contributed by atoms with Crippen LogP contribution in [0.25, 0.3) is 0 Å². The molecule has 1 saturated heterocycles. The number of aromatic nitrogens is 1. The summed E-state index contributed by atoms with van der Waals surface area (Å²) >= 11 is 0. The average Bonchev–Trinajstić information content (AvgIpc) is 3.25. The Hall–Kier alpha value is -0.930. The van der Waals surface area contributed by atoms with Gasteiger partial charge in [0.15, 0.2) is 0 Å². The Morgan fingerprint density at radius 2 is 2.05 bits per heavy atom. The number of nitrogens with zero attached hydrogens (tertiary/aromatic N) is 2. The summed E-state index contributed by atoms with van der Waals surface area (Å²) in [5.74, 6) is 0.890. The fraction of sp³-hybridized carbons (Fsp3) is 0.688. The molecular formula is C16H25N3. The summed E-state index contributed by atoms with van der Waals surface area (Å²) in [7, 11) is 0. The number of rotatable bonds is 5. The van der Waals surface area contributed by atoms with Gasteiger partial charge in [0.1, 0.15) is 0 Å². The number of aryl methyl sites for hydroxylation is 1.